The lowest BCUT2D eigenvalue weighted by molar-refractivity contribution is -0.174. The standard InChI is InChI=1S/C14H18F3NO3/c1-2-12(18-19)11-6-3-4-7-13(11)21-9-5-8-20-10-14(15,16)17/h3-4,6-7,19H,2,5,8-10H2,1H3. The summed E-state index contributed by atoms with van der Waals surface area (Å²) in [6.07, 6.45) is -3.44. The number of halogens is 3. The molecule has 0 amide bonds. The number of alkyl halides is 3. The van der Waals surface area contributed by atoms with Crippen molar-refractivity contribution in [2.24, 2.45) is 5.16 Å². The minimum atomic E-state index is -4.30. The van der Waals surface area contributed by atoms with E-state index in [0.29, 0.717) is 29.9 Å². The van der Waals surface area contributed by atoms with E-state index >= 15 is 0 Å². The van der Waals surface area contributed by atoms with Crippen LogP contribution in [0, 0.1) is 0 Å². The molecule has 118 valence electrons. The molecule has 1 N–H and O–H groups in total. The first-order valence-electron chi connectivity index (χ1n) is 6.55. The maximum atomic E-state index is 11.9. The molecule has 7 heteroatoms. The van der Waals surface area contributed by atoms with Gasteiger partial charge in [-0.3, -0.25) is 0 Å². The molecule has 0 bridgehead atoms. The summed E-state index contributed by atoms with van der Waals surface area (Å²) in [4.78, 5) is 0. The fourth-order valence-electron chi connectivity index (χ4n) is 1.68. The minimum Gasteiger partial charge on any atom is -0.493 e. The van der Waals surface area contributed by atoms with Crippen molar-refractivity contribution >= 4 is 5.71 Å². The van der Waals surface area contributed by atoms with Gasteiger partial charge in [-0.15, -0.1) is 0 Å². The Hall–Kier alpha value is -1.76. The third-order valence-electron chi connectivity index (χ3n) is 2.61. The second-order valence-electron chi connectivity index (χ2n) is 4.27. The molecular formula is C14H18F3NO3. The molecule has 0 atom stereocenters. The third kappa shape index (κ3) is 6.48. The molecule has 0 aliphatic heterocycles. The largest absolute Gasteiger partial charge is 0.493 e. The number of benzene rings is 1. The number of hydrogen-bond acceptors (Lipinski definition) is 4. The molecule has 0 spiro atoms. The van der Waals surface area contributed by atoms with Crippen LogP contribution in [0.15, 0.2) is 29.4 Å². The lowest BCUT2D eigenvalue weighted by Crippen LogP contribution is -2.18. The molecule has 1 rings (SSSR count). The molecule has 0 unspecified atom stereocenters. The van der Waals surface area contributed by atoms with Crippen LogP contribution in [-0.2, 0) is 4.74 Å². The van der Waals surface area contributed by atoms with Crippen LogP contribution in [0.3, 0.4) is 0 Å². The van der Waals surface area contributed by atoms with Crippen LogP contribution in [0.2, 0.25) is 0 Å². The highest BCUT2D eigenvalue weighted by Gasteiger charge is 2.27. The quantitative estimate of drug-likeness (QED) is 0.345. The predicted octanol–water partition coefficient (Wildman–Crippen LogP) is 3.62. The van der Waals surface area contributed by atoms with Crippen LogP contribution >= 0.6 is 0 Å². The molecule has 1 aromatic rings. The van der Waals surface area contributed by atoms with Crippen molar-refractivity contribution in [2.45, 2.75) is 25.9 Å². The predicted molar refractivity (Wildman–Crippen MR) is 72.0 cm³/mol. The Balaban J connectivity index is 2.42. The van der Waals surface area contributed by atoms with Gasteiger partial charge in [-0.1, -0.05) is 24.2 Å². The molecule has 0 saturated carbocycles. The van der Waals surface area contributed by atoms with Crippen molar-refractivity contribution in [2.75, 3.05) is 19.8 Å². The van der Waals surface area contributed by atoms with E-state index in [2.05, 4.69) is 9.89 Å². The van der Waals surface area contributed by atoms with Gasteiger partial charge in [0.25, 0.3) is 0 Å². The third-order valence-corrected chi connectivity index (χ3v) is 2.61. The minimum absolute atomic E-state index is 0.0313. The van der Waals surface area contributed by atoms with Crippen LogP contribution in [-0.4, -0.2) is 36.9 Å². The highest BCUT2D eigenvalue weighted by Crippen LogP contribution is 2.20. The summed E-state index contributed by atoms with van der Waals surface area (Å²) in [6.45, 7) is 0.783. The molecule has 0 aliphatic rings. The average molecular weight is 305 g/mol. The molecular weight excluding hydrogens is 287 g/mol. The van der Waals surface area contributed by atoms with Gasteiger partial charge in [0.1, 0.15) is 12.4 Å². The molecule has 0 fully saturated rings. The summed E-state index contributed by atoms with van der Waals surface area (Å²) in [5, 5.41) is 12.1. The Bertz CT molecular complexity index is 461. The SMILES string of the molecule is CCC(=NO)c1ccccc1OCCCOCC(F)(F)F. The molecule has 0 saturated heterocycles. The molecule has 0 aromatic heterocycles. The topological polar surface area (TPSA) is 51.1 Å². The Morgan fingerprint density at radius 1 is 1.24 bits per heavy atom. The second-order valence-corrected chi connectivity index (χ2v) is 4.27. The van der Waals surface area contributed by atoms with Crippen LogP contribution in [0.1, 0.15) is 25.3 Å². The van der Waals surface area contributed by atoms with Crippen LogP contribution in [0.5, 0.6) is 5.75 Å². The molecule has 21 heavy (non-hydrogen) atoms. The van der Waals surface area contributed by atoms with E-state index < -0.39 is 12.8 Å². The van der Waals surface area contributed by atoms with Crippen molar-refractivity contribution in [3.8, 4) is 5.75 Å². The van der Waals surface area contributed by atoms with Gasteiger partial charge in [0.05, 0.1) is 18.9 Å². The van der Waals surface area contributed by atoms with Gasteiger partial charge < -0.3 is 14.7 Å². The van der Waals surface area contributed by atoms with Crippen molar-refractivity contribution < 1.29 is 27.9 Å². The number of oxime groups is 1. The summed E-state index contributed by atoms with van der Waals surface area (Å²) < 4.78 is 45.6. The maximum Gasteiger partial charge on any atom is 0.411 e. The molecule has 4 nitrogen and oxygen atoms in total. The van der Waals surface area contributed by atoms with Crippen molar-refractivity contribution in [1.29, 1.82) is 0 Å². The Morgan fingerprint density at radius 2 is 1.95 bits per heavy atom. The van der Waals surface area contributed by atoms with Gasteiger partial charge in [-0.2, -0.15) is 13.2 Å². The van der Waals surface area contributed by atoms with E-state index in [4.69, 9.17) is 9.94 Å². The average Bonchev–Trinajstić information content (AvgIpc) is 2.44. The first-order valence-corrected chi connectivity index (χ1v) is 6.55. The lowest BCUT2D eigenvalue weighted by atomic mass is 10.1. The Labute approximate surface area is 121 Å². The van der Waals surface area contributed by atoms with Crippen molar-refractivity contribution in [3.63, 3.8) is 0 Å². The highest BCUT2D eigenvalue weighted by atomic mass is 19.4. The van der Waals surface area contributed by atoms with Gasteiger partial charge in [0, 0.05) is 12.0 Å². The normalized spacial score (nSPS) is 12.5. The van der Waals surface area contributed by atoms with E-state index in [1.54, 1.807) is 24.3 Å². The van der Waals surface area contributed by atoms with E-state index in [1.165, 1.54) is 0 Å². The molecule has 0 aliphatic carbocycles. The zero-order valence-electron chi connectivity index (χ0n) is 11.7. The smallest absolute Gasteiger partial charge is 0.411 e. The zero-order valence-corrected chi connectivity index (χ0v) is 11.7. The number of para-hydroxylation sites is 1. The number of ether oxygens (including phenoxy) is 2. The highest BCUT2D eigenvalue weighted by molar-refractivity contribution is 6.02. The fourth-order valence-corrected chi connectivity index (χ4v) is 1.68. The van der Waals surface area contributed by atoms with E-state index in [9.17, 15) is 13.2 Å². The zero-order chi connectivity index (χ0) is 15.7. The summed E-state index contributed by atoms with van der Waals surface area (Å²) in [5.41, 5.74) is 1.15. The summed E-state index contributed by atoms with van der Waals surface area (Å²) in [5.74, 6) is 0.531. The Kier molecular flexibility index (Phi) is 7.01. The fraction of sp³-hybridized carbons (Fsp3) is 0.500. The molecule has 1 aromatic carbocycles. The maximum absolute atomic E-state index is 11.9. The number of nitrogens with zero attached hydrogens (tertiary/aromatic N) is 1. The van der Waals surface area contributed by atoms with Gasteiger partial charge in [0.15, 0.2) is 0 Å². The van der Waals surface area contributed by atoms with Crippen molar-refractivity contribution in [3.05, 3.63) is 29.8 Å². The van der Waals surface area contributed by atoms with E-state index in [1.807, 2.05) is 6.92 Å². The van der Waals surface area contributed by atoms with E-state index in [0.717, 1.165) is 0 Å². The first-order chi connectivity index (χ1) is 9.98. The van der Waals surface area contributed by atoms with Gasteiger partial charge in [-0.25, -0.2) is 0 Å². The van der Waals surface area contributed by atoms with Crippen LogP contribution < -0.4 is 4.74 Å². The molecule has 0 heterocycles. The molecule has 0 radical (unpaired) electrons. The Morgan fingerprint density at radius 3 is 2.57 bits per heavy atom. The van der Waals surface area contributed by atoms with Crippen molar-refractivity contribution in [1.82, 2.24) is 0 Å². The summed E-state index contributed by atoms with van der Waals surface area (Å²) in [7, 11) is 0. The van der Waals surface area contributed by atoms with Crippen LogP contribution in [0.25, 0.3) is 0 Å². The monoisotopic (exact) mass is 305 g/mol. The van der Waals surface area contributed by atoms with Gasteiger partial charge in [-0.05, 0) is 18.6 Å². The first kappa shape index (κ1) is 17.3. The van der Waals surface area contributed by atoms with Gasteiger partial charge >= 0.3 is 6.18 Å². The van der Waals surface area contributed by atoms with Gasteiger partial charge in [0.2, 0.25) is 0 Å². The summed E-state index contributed by atoms with van der Waals surface area (Å²) in [6, 6.07) is 7.03. The number of rotatable bonds is 8. The number of hydrogen-bond donors (Lipinski definition) is 1. The lowest BCUT2D eigenvalue weighted by Gasteiger charge is -2.12. The second kappa shape index (κ2) is 8.51. The van der Waals surface area contributed by atoms with E-state index in [-0.39, 0.29) is 13.2 Å². The van der Waals surface area contributed by atoms with Crippen LogP contribution in [0.4, 0.5) is 13.2 Å². The summed E-state index contributed by atoms with van der Waals surface area (Å²) >= 11 is 0.